The van der Waals surface area contributed by atoms with Crippen molar-refractivity contribution in [3.05, 3.63) is 93.4 Å². The van der Waals surface area contributed by atoms with E-state index in [9.17, 15) is 9.59 Å². The van der Waals surface area contributed by atoms with Crippen molar-refractivity contribution < 1.29 is 4.79 Å². The lowest BCUT2D eigenvalue weighted by atomic mass is 9.98. The van der Waals surface area contributed by atoms with Crippen molar-refractivity contribution in [3.8, 4) is 0 Å². The molecule has 5 rings (SSSR count). The average Bonchev–Trinajstić information content (AvgIpc) is 3.41. The van der Waals surface area contributed by atoms with Gasteiger partial charge in [-0.2, -0.15) is 0 Å². The Morgan fingerprint density at radius 3 is 2.40 bits per heavy atom. The highest BCUT2D eigenvalue weighted by molar-refractivity contribution is 7.99. The predicted molar refractivity (Wildman–Crippen MR) is 118 cm³/mol. The van der Waals surface area contributed by atoms with E-state index in [2.05, 4.69) is 5.32 Å². The van der Waals surface area contributed by atoms with Crippen LogP contribution in [-0.4, -0.2) is 21.2 Å². The Bertz CT molecular complexity index is 1090. The number of carbonyl (C=O) groups is 1. The first kappa shape index (κ1) is 19.1. The van der Waals surface area contributed by atoms with Gasteiger partial charge in [-0.25, -0.2) is 4.98 Å². The average molecular weight is 418 g/mol. The van der Waals surface area contributed by atoms with E-state index in [1.165, 1.54) is 0 Å². The maximum Gasteiger partial charge on any atom is 0.257 e. The van der Waals surface area contributed by atoms with E-state index in [4.69, 9.17) is 4.98 Å². The van der Waals surface area contributed by atoms with Gasteiger partial charge in [0.1, 0.15) is 0 Å². The molecule has 0 radical (unpaired) electrons. The van der Waals surface area contributed by atoms with Gasteiger partial charge in [-0.15, -0.1) is 0 Å². The molecule has 0 saturated carbocycles. The van der Waals surface area contributed by atoms with E-state index in [1.807, 2.05) is 60.7 Å². The number of hydrogen-bond acceptors (Lipinski definition) is 4. The Morgan fingerprint density at radius 2 is 1.73 bits per heavy atom. The summed E-state index contributed by atoms with van der Waals surface area (Å²) >= 11 is 1.58. The summed E-state index contributed by atoms with van der Waals surface area (Å²) < 4.78 is 1.76. The zero-order valence-corrected chi connectivity index (χ0v) is 17.4. The number of aryl methyl sites for hydroxylation is 1. The molecule has 1 aliphatic carbocycles. The minimum absolute atomic E-state index is 0.0537. The topological polar surface area (TPSA) is 64.0 Å². The zero-order valence-electron chi connectivity index (χ0n) is 16.6. The summed E-state index contributed by atoms with van der Waals surface area (Å²) in [6.07, 6.45) is 2.96. The van der Waals surface area contributed by atoms with Crippen LogP contribution in [0.15, 0.2) is 70.6 Å². The van der Waals surface area contributed by atoms with Crippen molar-refractivity contribution in [3.63, 3.8) is 0 Å². The second-order valence-corrected chi connectivity index (χ2v) is 8.83. The van der Waals surface area contributed by atoms with Gasteiger partial charge < -0.3 is 5.32 Å². The molecule has 0 fully saturated rings. The van der Waals surface area contributed by atoms with E-state index in [-0.39, 0.29) is 30.0 Å². The van der Waals surface area contributed by atoms with Gasteiger partial charge in [0.15, 0.2) is 5.16 Å². The van der Waals surface area contributed by atoms with Gasteiger partial charge in [-0.1, -0.05) is 72.4 Å². The Balaban J connectivity index is 1.38. The van der Waals surface area contributed by atoms with Crippen molar-refractivity contribution in [2.75, 3.05) is 5.75 Å². The Morgan fingerprint density at radius 1 is 1.07 bits per heavy atom. The standard InChI is InChI=1S/C24H23N3O2S/c28-21(26-22(16-8-3-1-4-9-16)17-10-5-2-6-11-17)14-18-15-30-24-25-20-13-7-12-19(20)23(29)27(18)24/h1-6,8-11,18,22H,7,12-15H2,(H,26,28). The Hall–Kier alpha value is -2.86. The van der Waals surface area contributed by atoms with Gasteiger partial charge in [0.05, 0.1) is 17.8 Å². The Labute approximate surface area is 179 Å². The van der Waals surface area contributed by atoms with E-state index in [0.29, 0.717) is 5.75 Å². The summed E-state index contributed by atoms with van der Waals surface area (Å²) in [4.78, 5) is 30.7. The summed E-state index contributed by atoms with van der Waals surface area (Å²) in [7, 11) is 0. The third-order valence-corrected chi connectivity index (χ3v) is 6.96. The number of carbonyl (C=O) groups excluding carboxylic acids is 1. The number of rotatable bonds is 5. The predicted octanol–water partition coefficient (Wildman–Crippen LogP) is 3.67. The molecule has 1 aliphatic heterocycles. The molecule has 1 N–H and O–H groups in total. The smallest absolute Gasteiger partial charge is 0.257 e. The van der Waals surface area contributed by atoms with E-state index in [1.54, 1.807) is 16.3 Å². The summed E-state index contributed by atoms with van der Waals surface area (Å²) in [5, 5.41) is 3.96. The number of aromatic nitrogens is 2. The molecule has 30 heavy (non-hydrogen) atoms. The van der Waals surface area contributed by atoms with E-state index in [0.717, 1.165) is 46.8 Å². The summed E-state index contributed by atoms with van der Waals surface area (Å²) in [6.45, 7) is 0. The van der Waals surface area contributed by atoms with Gasteiger partial charge in [-0.05, 0) is 30.4 Å². The van der Waals surface area contributed by atoms with Gasteiger partial charge in [-0.3, -0.25) is 14.2 Å². The first-order valence-electron chi connectivity index (χ1n) is 10.4. The highest BCUT2D eigenvalue weighted by atomic mass is 32.2. The van der Waals surface area contributed by atoms with Crippen LogP contribution in [-0.2, 0) is 17.6 Å². The number of amides is 1. The van der Waals surface area contributed by atoms with Gasteiger partial charge in [0.25, 0.3) is 5.56 Å². The molecule has 1 aromatic heterocycles. The SMILES string of the molecule is O=C(CC1CSc2nc3c(c(=O)n21)CCC3)NC(c1ccccc1)c1ccccc1. The highest BCUT2D eigenvalue weighted by Crippen LogP contribution is 2.34. The summed E-state index contributed by atoms with van der Waals surface area (Å²) in [5.74, 6) is 0.651. The number of nitrogens with zero attached hydrogens (tertiary/aromatic N) is 2. The molecule has 6 heteroatoms. The molecule has 1 amide bonds. The maximum absolute atomic E-state index is 13.1. The molecule has 1 unspecified atom stereocenters. The molecule has 0 spiro atoms. The second-order valence-electron chi connectivity index (χ2n) is 7.84. The molecule has 2 aromatic carbocycles. The molecule has 0 saturated heterocycles. The van der Waals surface area contributed by atoms with Crippen molar-refractivity contribution in [2.24, 2.45) is 0 Å². The summed E-state index contributed by atoms with van der Waals surface area (Å²) in [5.41, 5.74) is 3.93. The first-order valence-corrected chi connectivity index (χ1v) is 11.4. The van der Waals surface area contributed by atoms with E-state index >= 15 is 0 Å². The Kier molecular flexibility index (Phi) is 5.17. The molecule has 0 bridgehead atoms. The molecule has 3 aromatic rings. The van der Waals surface area contributed by atoms with Crippen molar-refractivity contribution >= 4 is 17.7 Å². The molecule has 2 aliphatic rings. The number of thioether (sulfide) groups is 1. The molecular weight excluding hydrogens is 394 g/mol. The van der Waals surface area contributed by atoms with Crippen molar-refractivity contribution in [1.29, 1.82) is 0 Å². The molecule has 152 valence electrons. The molecule has 1 atom stereocenters. The lowest BCUT2D eigenvalue weighted by molar-refractivity contribution is -0.122. The fourth-order valence-electron chi connectivity index (χ4n) is 4.39. The van der Waals surface area contributed by atoms with Gasteiger partial charge >= 0.3 is 0 Å². The monoisotopic (exact) mass is 417 g/mol. The van der Waals surface area contributed by atoms with E-state index < -0.39 is 0 Å². The molecular formula is C24H23N3O2S. The van der Waals surface area contributed by atoms with Crippen LogP contribution in [0.1, 0.15) is 47.3 Å². The van der Waals surface area contributed by atoms with Crippen LogP contribution in [0.3, 0.4) is 0 Å². The fraction of sp³-hybridized carbons (Fsp3) is 0.292. The minimum Gasteiger partial charge on any atom is -0.345 e. The van der Waals surface area contributed by atoms with Crippen molar-refractivity contribution in [2.45, 2.75) is 42.9 Å². The van der Waals surface area contributed by atoms with Crippen LogP contribution >= 0.6 is 11.8 Å². The minimum atomic E-state index is -0.219. The van der Waals surface area contributed by atoms with Crippen LogP contribution < -0.4 is 10.9 Å². The van der Waals surface area contributed by atoms with Crippen LogP contribution in [0.2, 0.25) is 0 Å². The second kappa shape index (κ2) is 8.11. The number of benzene rings is 2. The molecule has 5 nitrogen and oxygen atoms in total. The summed E-state index contributed by atoms with van der Waals surface area (Å²) in [6, 6.07) is 19.6. The fourth-order valence-corrected chi connectivity index (χ4v) is 5.54. The van der Waals surface area contributed by atoms with Crippen LogP contribution in [0.25, 0.3) is 0 Å². The quantitative estimate of drug-likeness (QED) is 0.644. The van der Waals surface area contributed by atoms with Crippen LogP contribution in [0, 0.1) is 0 Å². The highest BCUT2D eigenvalue weighted by Gasteiger charge is 2.31. The lowest BCUT2D eigenvalue weighted by Gasteiger charge is -2.21. The maximum atomic E-state index is 13.1. The van der Waals surface area contributed by atoms with Gasteiger partial charge in [0, 0.05) is 17.7 Å². The van der Waals surface area contributed by atoms with Gasteiger partial charge in [0.2, 0.25) is 5.91 Å². The zero-order chi connectivity index (χ0) is 20.5. The normalized spacial score (nSPS) is 17.0. The third-order valence-electron chi connectivity index (χ3n) is 5.86. The largest absolute Gasteiger partial charge is 0.345 e. The number of hydrogen-bond donors (Lipinski definition) is 1. The lowest BCUT2D eigenvalue weighted by Crippen LogP contribution is -2.34. The third kappa shape index (κ3) is 3.56. The first-order chi connectivity index (χ1) is 14.7. The van der Waals surface area contributed by atoms with Crippen molar-refractivity contribution in [1.82, 2.24) is 14.9 Å². The number of fused-ring (bicyclic) bond motifs is 2. The number of nitrogens with one attached hydrogen (secondary N) is 1. The molecule has 2 heterocycles. The van der Waals surface area contributed by atoms with Crippen LogP contribution in [0.5, 0.6) is 0 Å². The van der Waals surface area contributed by atoms with Crippen LogP contribution in [0.4, 0.5) is 0 Å².